The first kappa shape index (κ1) is 14.9. The fourth-order valence-corrected chi connectivity index (χ4v) is 2.94. The number of carbonyl (C=O) groups is 1. The SMILES string of the molecule is O=C(O)Nc1ncnn2cc(-c3ccccc3)c(-c3ccccc3)c12. The highest BCUT2D eigenvalue weighted by Crippen LogP contribution is 2.38. The molecule has 0 saturated heterocycles. The van der Waals surface area contributed by atoms with Crippen LogP contribution < -0.4 is 5.32 Å². The van der Waals surface area contributed by atoms with Crippen molar-refractivity contribution in [1.82, 2.24) is 14.6 Å². The molecule has 0 atom stereocenters. The number of carboxylic acid groups (broad SMARTS) is 1. The molecule has 2 N–H and O–H groups in total. The molecule has 0 aliphatic rings. The Bertz CT molecular complexity index is 1040. The van der Waals surface area contributed by atoms with Crippen LogP contribution in [0.1, 0.15) is 0 Å². The Hall–Kier alpha value is -3.67. The van der Waals surface area contributed by atoms with Crippen LogP contribution in [0.2, 0.25) is 0 Å². The van der Waals surface area contributed by atoms with Crippen LogP contribution in [-0.4, -0.2) is 25.8 Å². The van der Waals surface area contributed by atoms with Crippen LogP contribution in [0.5, 0.6) is 0 Å². The van der Waals surface area contributed by atoms with Gasteiger partial charge in [0.2, 0.25) is 0 Å². The molecule has 0 aliphatic heterocycles. The van der Waals surface area contributed by atoms with Crippen molar-refractivity contribution in [1.29, 1.82) is 0 Å². The van der Waals surface area contributed by atoms with E-state index in [1.54, 1.807) is 4.52 Å². The summed E-state index contributed by atoms with van der Waals surface area (Å²) in [6.45, 7) is 0. The van der Waals surface area contributed by atoms with Crippen LogP contribution >= 0.6 is 0 Å². The number of hydrogen-bond acceptors (Lipinski definition) is 3. The minimum absolute atomic E-state index is 0.253. The highest BCUT2D eigenvalue weighted by molar-refractivity contribution is 6.01. The number of fused-ring (bicyclic) bond motifs is 1. The van der Waals surface area contributed by atoms with Gasteiger partial charge in [0.15, 0.2) is 5.82 Å². The van der Waals surface area contributed by atoms with Crippen molar-refractivity contribution in [2.24, 2.45) is 0 Å². The van der Waals surface area contributed by atoms with Crippen LogP contribution in [0.15, 0.2) is 73.2 Å². The molecule has 4 aromatic rings. The molecular weight excluding hydrogens is 316 g/mol. The van der Waals surface area contributed by atoms with Crippen LogP contribution in [0.25, 0.3) is 27.8 Å². The molecule has 0 spiro atoms. The molecule has 0 unspecified atom stereocenters. The van der Waals surface area contributed by atoms with Crippen LogP contribution in [-0.2, 0) is 0 Å². The van der Waals surface area contributed by atoms with E-state index < -0.39 is 6.09 Å². The summed E-state index contributed by atoms with van der Waals surface area (Å²) >= 11 is 0. The second kappa shape index (κ2) is 6.09. The van der Waals surface area contributed by atoms with E-state index >= 15 is 0 Å². The van der Waals surface area contributed by atoms with Crippen molar-refractivity contribution < 1.29 is 9.90 Å². The molecule has 6 nitrogen and oxygen atoms in total. The molecule has 6 heteroatoms. The summed E-state index contributed by atoms with van der Waals surface area (Å²) in [6.07, 6.45) is 2.06. The Labute approximate surface area is 143 Å². The van der Waals surface area contributed by atoms with Gasteiger partial charge in [0.05, 0.1) is 0 Å². The molecule has 0 bridgehead atoms. The number of nitrogens with one attached hydrogen (secondary N) is 1. The molecule has 1 amide bonds. The molecule has 0 saturated carbocycles. The quantitative estimate of drug-likeness (QED) is 0.591. The van der Waals surface area contributed by atoms with E-state index in [4.69, 9.17) is 5.11 Å². The molecule has 25 heavy (non-hydrogen) atoms. The third-order valence-corrected chi connectivity index (χ3v) is 3.95. The zero-order valence-electron chi connectivity index (χ0n) is 13.1. The topological polar surface area (TPSA) is 79.5 Å². The predicted octanol–water partition coefficient (Wildman–Crippen LogP) is 4.15. The zero-order valence-corrected chi connectivity index (χ0v) is 13.1. The van der Waals surface area contributed by atoms with Gasteiger partial charge in [-0.2, -0.15) is 5.10 Å². The lowest BCUT2D eigenvalue weighted by molar-refractivity contribution is 0.209. The van der Waals surface area contributed by atoms with Crippen LogP contribution in [0.3, 0.4) is 0 Å². The van der Waals surface area contributed by atoms with Gasteiger partial charge in [0.1, 0.15) is 11.8 Å². The lowest BCUT2D eigenvalue weighted by Crippen LogP contribution is -2.10. The van der Waals surface area contributed by atoms with Gasteiger partial charge in [0.25, 0.3) is 0 Å². The molecule has 4 rings (SSSR count). The summed E-state index contributed by atoms with van der Waals surface area (Å²) in [6, 6.07) is 19.7. The van der Waals surface area contributed by atoms with Crippen molar-refractivity contribution in [3.05, 3.63) is 73.2 Å². The Balaban J connectivity index is 2.07. The predicted molar refractivity (Wildman–Crippen MR) is 95.5 cm³/mol. The van der Waals surface area contributed by atoms with Gasteiger partial charge in [-0.15, -0.1) is 0 Å². The average molecular weight is 330 g/mol. The van der Waals surface area contributed by atoms with E-state index in [2.05, 4.69) is 15.4 Å². The fraction of sp³-hybridized carbons (Fsp3) is 0. The first-order chi connectivity index (χ1) is 12.2. The normalized spacial score (nSPS) is 10.7. The first-order valence-corrected chi connectivity index (χ1v) is 7.71. The smallest absolute Gasteiger partial charge is 0.410 e. The summed E-state index contributed by atoms with van der Waals surface area (Å²) in [7, 11) is 0. The summed E-state index contributed by atoms with van der Waals surface area (Å²) in [4.78, 5) is 15.3. The number of anilines is 1. The van der Waals surface area contributed by atoms with Gasteiger partial charge >= 0.3 is 6.09 Å². The maximum absolute atomic E-state index is 11.2. The number of benzene rings is 2. The molecule has 2 aromatic carbocycles. The molecular formula is C19H14N4O2. The van der Waals surface area contributed by atoms with Gasteiger partial charge < -0.3 is 5.11 Å². The Morgan fingerprint density at radius 2 is 1.60 bits per heavy atom. The van der Waals surface area contributed by atoms with E-state index in [-0.39, 0.29) is 5.82 Å². The fourth-order valence-electron chi connectivity index (χ4n) is 2.94. The average Bonchev–Trinajstić information content (AvgIpc) is 3.03. The van der Waals surface area contributed by atoms with E-state index in [9.17, 15) is 4.79 Å². The summed E-state index contributed by atoms with van der Waals surface area (Å²) in [5, 5.41) is 15.8. The molecule has 0 fully saturated rings. The van der Waals surface area contributed by atoms with Gasteiger partial charge in [-0.25, -0.2) is 14.3 Å². The Morgan fingerprint density at radius 1 is 0.960 bits per heavy atom. The van der Waals surface area contributed by atoms with E-state index in [1.165, 1.54) is 6.33 Å². The van der Waals surface area contributed by atoms with Gasteiger partial charge in [-0.1, -0.05) is 60.7 Å². The molecule has 122 valence electrons. The second-order valence-corrected chi connectivity index (χ2v) is 5.48. The van der Waals surface area contributed by atoms with Gasteiger partial charge in [0, 0.05) is 17.3 Å². The number of nitrogens with zero attached hydrogens (tertiary/aromatic N) is 3. The summed E-state index contributed by atoms with van der Waals surface area (Å²) in [5.41, 5.74) is 4.45. The number of hydrogen-bond donors (Lipinski definition) is 2. The standard InChI is InChI=1S/C19H14N4O2/c24-19(25)22-18-17-16(14-9-5-2-6-10-14)15(11-23(17)21-12-20-18)13-7-3-1-4-8-13/h1-12H,(H,24,25)(H,20,21,22). The number of aromatic nitrogens is 3. The number of rotatable bonds is 3. The van der Waals surface area contributed by atoms with Crippen molar-refractivity contribution in [3.63, 3.8) is 0 Å². The third-order valence-electron chi connectivity index (χ3n) is 3.95. The molecule has 2 heterocycles. The van der Waals surface area contributed by atoms with E-state index in [1.807, 2.05) is 66.9 Å². The Kier molecular flexibility index (Phi) is 3.63. The zero-order chi connectivity index (χ0) is 17.2. The summed E-state index contributed by atoms with van der Waals surface area (Å²) in [5.74, 6) is 0.253. The van der Waals surface area contributed by atoms with Crippen molar-refractivity contribution in [3.8, 4) is 22.3 Å². The molecule has 2 aromatic heterocycles. The highest BCUT2D eigenvalue weighted by Gasteiger charge is 2.19. The Morgan fingerprint density at radius 3 is 2.24 bits per heavy atom. The molecule has 0 aliphatic carbocycles. The third kappa shape index (κ3) is 2.70. The minimum Gasteiger partial charge on any atom is -0.465 e. The number of amides is 1. The maximum atomic E-state index is 11.2. The van der Waals surface area contributed by atoms with Crippen LogP contribution in [0, 0.1) is 0 Å². The lowest BCUT2D eigenvalue weighted by Gasteiger charge is -2.08. The van der Waals surface area contributed by atoms with Crippen molar-refractivity contribution >= 4 is 17.4 Å². The second-order valence-electron chi connectivity index (χ2n) is 5.48. The monoisotopic (exact) mass is 330 g/mol. The van der Waals surface area contributed by atoms with Gasteiger partial charge in [-0.3, -0.25) is 5.32 Å². The minimum atomic E-state index is -1.16. The maximum Gasteiger partial charge on any atom is 0.410 e. The van der Waals surface area contributed by atoms with Crippen molar-refractivity contribution in [2.45, 2.75) is 0 Å². The van der Waals surface area contributed by atoms with Crippen LogP contribution in [0.4, 0.5) is 10.6 Å². The largest absolute Gasteiger partial charge is 0.465 e. The van der Waals surface area contributed by atoms with Gasteiger partial charge in [-0.05, 0) is 11.1 Å². The van der Waals surface area contributed by atoms with E-state index in [0.29, 0.717) is 5.52 Å². The summed E-state index contributed by atoms with van der Waals surface area (Å²) < 4.78 is 1.66. The first-order valence-electron chi connectivity index (χ1n) is 7.71. The highest BCUT2D eigenvalue weighted by atomic mass is 16.4. The van der Waals surface area contributed by atoms with E-state index in [0.717, 1.165) is 22.3 Å². The van der Waals surface area contributed by atoms with Crippen molar-refractivity contribution in [2.75, 3.05) is 5.32 Å². The molecule has 0 radical (unpaired) electrons. The lowest BCUT2D eigenvalue weighted by atomic mass is 9.97.